The molecule has 5 nitrogen and oxygen atoms in total. The summed E-state index contributed by atoms with van der Waals surface area (Å²) in [6.07, 6.45) is 1.83. The molecule has 0 aliphatic rings. The van der Waals surface area contributed by atoms with Gasteiger partial charge in [0.1, 0.15) is 10.8 Å². The maximum Gasteiger partial charge on any atom is 0.203 e. The summed E-state index contributed by atoms with van der Waals surface area (Å²) >= 11 is 1.45. The standard InChI is InChI=1S/C14H20N4OS/c1-10(8-11-4-3-5-12(9-11)19-2)16-7-6-13-17-18-14(15)20-13/h3-5,9-10,16H,6-8H2,1-2H3,(H2,15,18)/t10-/m1/s1. The first-order valence-corrected chi connectivity index (χ1v) is 7.43. The van der Waals surface area contributed by atoms with Crippen LogP contribution in [0.1, 0.15) is 17.5 Å². The largest absolute Gasteiger partial charge is 0.497 e. The molecular weight excluding hydrogens is 272 g/mol. The molecule has 0 radical (unpaired) electrons. The molecule has 1 aromatic heterocycles. The quantitative estimate of drug-likeness (QED) is 0.815. The Labute approximate surface area is 123 Å². The van der Waals surface area contributed by atoms with Crippen molar-refractivity contribution in [1.29, 1.82) is 0 Å². The normalized spacial score (nSPS) is 12.3. The Balaban J connectivity index is 1.75. The van der Waals surface area contributed by atoms with Gasteiger partial charge in [0.2, 0.25) is 5.13 Å². The Bertz CT molecular complexity index is 543. The minimum Gasteiger partial charge on any atom is -0.497 e. The summed E-state index contributed by atoms with van der Waals surface area (Å²) in [5.41, 5.74) is 6.82. The van der Waals surface area contributed by atoms with Crippen molar-refractivity contribution >= 4 is 16.5 Å². The van der Waals surface area contributed by atoms with Gasteiger partial charge in [-0.05, 0) is 31.0 Å². The Morgan fingerprint density at radius 3 is 2.95 bits per heavy atom. The van der Waals surface area contributed by atoms with Crippen LogP contribution in [-0.4, -0.2) is 29.9 Å². The highest BCUT2D eigenvalue weighted by Crippen LogP contribution is 2.14. The van der Waals surface area contributed by atoms with Crippen molar-refractivity contribution in [2.75, 3.05) is 19.4 Å². The molecule has 0 amide bonds. The zero-order valence-corrected chi connectivity index (χ0v) is 12.6. The minimum atomic E-state index is 0.396. The number of ether oxygens (including phenoxy) is 1. The van der Waals surface area contributed by atoms with Crippen molar-refractivity contribution in [3.8, 4) is 5.75 Å². The smallest absolute Gasteiger partial charge is 0.203 e. The van der Waals surface area contributed by atoms with Gasteiger partial charge in [0.05, 0.1) is 7.11 Å². The maximum atomic E-state index is 5.55. The van der Waals surface area contributed by atoms with Gasteiger partial charge in [0.15, 0.2) is 0 Å². The zero-order chi connectivity index (χ0) is 14.4. The Kier molecular flexibility index (Phi) is 5.31. The van der Waals surface area contributed by atoms with E-state index in [-0.39, 0.29) is 0 Å². The third-order valence-electron chi connectivity index (χ3n) is 2.99. The topological polar surface area (TPSA) is 73.1 Å². The molecule has 3 N–H and O–H groups in total. The van der Waals surface area contributed by atoms with Gasteiger partial charge in [0.25, 0.3) is 0 Å². The Morgan fingerprint density at radius 2 is 2.25 bits per heavy atom. The van der Waals surface area contributed by atoms with E-state index < -0.39 is 0 Å². The van der Waals surface area contributed by atoms with Crippen molar-refractivity contribution in [3.63, 3.8) is 0 Å². The fourth-order valence-electron chi connectivity index (χ4n) is 2.02. The molecule has 1 heterocycles. The first-order chi connectivity index (χ1) is 9.67. The number of benzene rings is 1. The molecule has 0 unspecified atom stereocenters. The molecule has 0 fully saturated rings. The highest BCUT2D eigenvalue weighted by molar-refractivity contribution is 7.15. The van der Waals surface area contributed by atoms with Crippen LogP contribution in [0.15, 0.2) is 24.3 Å². The van der Waals surface area contributed by atoms with Crippen molar-refractivity contribution in [3.05, 3.63) is 34.8 Å². The molecular formula is C14H20N4OS. The molecule has 6 heteroatoms. The number of anilines is 1. The molecule has 0 bridgehead atoms. The number of rotatable bonds is 7. The van der Waals surface area contributed by atoms with Crippen molar-refractivity contribution < 1.29 is 4.74 Å². The van der Waals surface area contributed by atoms with Crippen LogP contribution in [0.5, 0.6) is 5.75 Å². The lowest BCUT2D eigenvalue weighted by atomic mass is 10.1. The monoisotopic (exact) mass is 292 g/mol. The molecule has 1 aromatic carbocycles. The second-order valence-corrected chi connectivity index (χ2v) is 5.79. The van der Waals surface area contributed by atoms with Crippen LogP contribution in [0.2, 0.25) is 0 Å². The molecule has 108 valence electrons. The first-order valence-electron chi connectivity index (χ1n) is 6.61. The van der Waals surface area contributed by atoms with Gasteiger partial charge in [-0.15, -0.1) is 10.2 Å². The summed E-state index contributed by atoms with van der Waals surface area (Å²) in [4.78, 5) is 0. The SMILES string of the molecule is COc1cccc(C[C@@H](C)NCCc2nnc(N)s2)c1. The van der Waals surface area contributed by atoms with Crippen molar-refractivity contribution in [1.82, 2.24) is 15.5 Å². The van der Waals surface area contributed by atoms with E-state index in [1.165, 1.54) is 16.9 Å². The minimum absolute atomic E-state index is 0.396. The average molecular weight is 292 g/mol. The van der Waals surface area contributed by atoms with Gasteiger partial charge in [-0.1, -0.05) is 23.5 Å². The molecule has 0 aliphatic heterocycles. The van der Waals surface area contributed by atoms with Gasteiger partial charge in [-0.25, -0.2) is 0 Å². The highest BCUT2D eigenvalue weighted by Gasteiger charge is 2.05. The van der Waals surface area contributed by atoms with E-state index >= 15 is 0 Å². The summed E-state index contributed by atoms with van der Waals surface area (Å²) in [7, 11) is 1.69. The molecule has 2 rings (SSSR count). The number of nitrogen functional groups attached to an aromatic ring is 1. The van der Waals surface area contributed by atoms with Gasteiger partial charge >= 0.3 is 0 Å². The lowest BCUT2D eigenvalue weighted by molar-refractivity contribution is 0.414. The van der Waals surface area contributed by atoms with Crippen LogP contribution in [-0.2, 0) is 12.8 Å². The van der Waals surface area contributed by atoms with E-state index in [0.717, 1.165) is 30.1 Å². The van der Waals surface area contributed by atoms with Crippen LogP contribution in [0, 0.1) is 0 Å². The molecule has 0 saturated carbocycles. The van der Waals surface area contributed by atoms with E-state index in [4.69, 9.17) is 10.5 Å². The van der Waals surface area contributed by atoms with Crippen LogP contribution in [0.25, 0.3) is 0 Å². The molecule has 0 saturated heterocycles. The van der Waals surface area contributed by atoms with Gasteiger partial charge in [-0.3, -0.25) is 0 Å². The number of methoxy groups -OCH3 is 1. The van der Waals surface area contributed by atoms with E-state index in [2.05, 4.69) is 34.6 Å². The van der Waals surface area contributed by atoms with Crippen LogP contribution < -0.4 is 15.8 Å². The van der Waals surface area contributed by atoms with Crippen LogP contribution in [0.3, 0.4) is 0 Å². The Hall–Kier alpha value is -1.66. The molecule has 2 aromatic rings. The number of hydrogen-bond donors (Lipinski definition) is 2. The fourth-order valence-corrected chi connectivity index (χ4v) is 2.63. The predicted molar refractivity (Wildman–Crippen MR) is 82.2 cm³/mol. The van der Waals surface area contributed by atoms with E-state index in [9.17, 15) is 0 Å². The van der Waals surface area contributed by atoms with Gasteiger partial charge in [0, 0.05) is 19.0 Å². The maximum absolute atomic E-state index is 5.55. The number of nitrogens with two attached hydrogens (primary N) is 1. The molecule has 0 spiro atoms. The van der Waals surface area contributed by atoms with Crippen LogP contribution in [0.4, 0.5) is 5.13 Å². The number of nitrogens with zero attached hydrogens (tertiary/aromatic N) is 2. The first kappa shape index (κ1) is 14.7. The number of aromatic nitrogens is 2. The molecule has 1 atom stereocenters. The second kappa shape index (κ2) is 7.21. The summed E-state index contributed by atoms with van der Waals surface area (Å²) in [6.45, 7) is 3.05. The van der Waals surface area contributed by atoms with Gasteiger partial charge in [-0.2, -0.15) is 0 Å². The predicted octanol–water partition coefficient (Wildman–Crippen LogP) is 1.89. The summed E-state index contributed by atoms with van der Waals surface area (Å²) in [5.74, 6) is 0.902. The third-order valence-corrected chi connectivity index (χ3v) is 3.80. The summed E-state index contributed by atoms with van der Waals surface area (Å²) in [6, 6.07) is 8.56. The fraction of sp³-hybridized carbons (Fsp3) is 0.429. The third kappa shape index (κ3) is 4.47. The van der Waals surface area contributed by atoms with Crippen molar-refractivity contribution in [2.24, 2.45) is 0 Å². The molecule has 0 aliphatic carbocycles. The summed E-state index contributed by atoms with van der Waals surface area (Å²) < 4.78 is 5.23. The summed E-state index contributed by atoms with van der Waals surface area (Å²) in [5, 5.41) is 12.8. The van der Waals surface area contributed by atoms with Crippen LogP contribution >= 0.6 is 11.3 Å². The second-order valence-electron chi connectivity index (χ2n) is 4.69. The Morgan fingerprint density at radius 1 is 1.40 bits per heavy atom. The zero-order valence-electron chi connectivity index (χ0n) is 11.8. The highest BCUT2D eigenvalue weighted by atomic mass is 32.1. The van der Waals surface area contributed by atoms with E-state index in [0.29, 0.717) is 11.2 Å². The van der Waals surface area contributed by atoms with Crippen molar-refractivity contribution in [2.45, 2.75) is 25.8 Å². The van der Waals surface area contributed by atoms with Gasteiger partial charge < -0.3 is 15.8 Å². The number of nitrogens with one attached hydrogen (secondary N) is 1. The lowest BCUT2D eigenvalue weighted by Crippen LogP contribution is -2.29. The molecule has 20 heavy (non-hydrogen) atoms. The lowest BCUT2D eigenvalue weighted by Gasteiger charge is -2.13. The average Bonchev–Trinajstić information content (AvgIpc) is 2.84. The van der Waals surface area contributed by atoms with E-state index in [1.54, 1.807) is 7.11 Å². The van der Waals surface area contributed by atoms with E-state index in [1.807, 2.05) is 12.1 Å². The number of hydrogen-bond acceptors (Lipinski definition) is 6.